The molecule has 3 amide bonds. The van der Waals surface area contributed by atoms with Crippen LogP contribution in [0.3, 0.4) is 0 Å². The zero-order valence-electron chi connectivity index (χ0n) is 17.7. The Morgan fingerprint density at radius 1 is 0.786 bits per heavy atom. The van der Waals surface area contributed by atoms with Gasteiger partial charge in [-0.2, -0.15) is 0 Å². The first-order chi connectivity index (χ1) is 13.5. The SMILES string of the molecule is CCCCNC(=O)CN(CC(=O)NCCCC)C(=O)COCCOCCNC. The standard InChI is InChI=1S/C19H38N4O5/c1-4-6-8-21-17(24)14-23(15-18(25)22-9-7-5-2)19(26)16-28-13-12-27-11-10-20-3/h20H,4-16H2,1-3H3,(H,21,24)(H,22,25). The quantitative estimate of drug-likeness (QED) is 0.276. The Labute approximate surface area is 168 Å². The molecule has 0 aliphatic heterocycles. The maximum atomic E-state index is 12.4. The van der Waals surface area contributed by atoms with Crippen LogP contribution in [0.5, 0.6) is 0 Å². The molecule has 9 heteroatoms. The molecule has 28 heavy (non-hydrogen) atoms. The van der Waals surface area contributed by atoms with Gasteiger partial charge in [-0.3, -0.25) is 14.4 Å². The van der Waals surface area contributed by atoms with Gasteiger partial charge in [0.05, 0.1) is 19.8 Å². The summed E-state index contributed by atoms with van der Waals surface area (Å²) in [6.45, 7) is 6.62. The second-order valence-electron chi connectivity index (χ2n) is 6.43. The van der Waals surface area contributed by atoms with E-state index in [4.69, 9.17) is 9.47 Å². The summed E-state index contributed by atoms with van der Waals surface area (Å²) in [6, 6.07) is 0. The summed E-state index contributed by atoms with van der Waals surface area (Å²) in [5, 5.41) is 8.48. The number of hydrogen-bond donors (Lipinski definition) is 3. The number of carbonyl (C=O) groups excluding carboxylic acids is 3. The van der Waals surface area contributed by atoms with Crippen LogP contribution in [0.4, 0.5) is 0 Å². The first-order valence-electron chi connectivity index (χ1n) is 10.2. The molecule has 0 aliphatic rings. The number of carbonyl (C=O) groups is 3. The van der Waals surface area contributed by atoms with E-state index in [1.54, 1.807) is 0 Å². The van der Waals surface area contributed by atoms with E-state index in [9.17, 15) is 14.4 Å². The van der Waals surface area contributed by atoms with Crippen molar-refractivity contribution in [2.45, 2.75) is 39.5 Å². The smallest absolute Gasteiger partial charge is 0.249 e. The molecular weight excluding hydrogens is 364 g/mol. The Morgan fingerprint density at radius 2 is 1.32 bits per heavy atom. The molecule has 0 heterocycles. The number of amides is 3. The summed E-state index contributed by atoms with van der Waals surface area (Å²) < 4.78 is 10.6. The van der Waals surface area contributed by atoms with Crippen LogP contribution < -0.4 is 16.0 Å². The highest BCUT2D eigenvalue weighted by Gasteiger charge is 2.20. The number of ether oxygens (including phenoxy) is 2. The molecule has 0 radical (unpaired) electrons. The molecule has 164 valence electrons. The number of nitrogens with zero attached hydrogens (tertiary/aromatic N) is 1. The molecule has 0 aliphatic carbocycles. The van der Waals surface area contributed by atoms with Gasteiger partial charge in [0.15, 0.2) is 0 Å². The Kier molecular flexibility index (Phi) is 17.5. The van der Waals surface area contributed by atoms with E-state index in [1.807, 2.05) is 20.9 Å². The Balaban J connectivity index is 4.40. The zero-order chi connectivity index (χ0) is 21.0. The zero-order valence-corrected chi connectivity index (χ0v) is 17.7. The van der Waals surface area contributed by atoms with E-state index in [-0.39, 0.29) is 38.1 Å². The predicted molar refractivity (Wildman–Crippen MR) is 108 cm³/mol. The van der Waals surface area contributed by atoms with Crippen LogP contribution in [0.25, 0.3) is 0 Å². The third-order valence-corrected chi connectivity index (χ3v) is 3.82. The first kappa shape index (κ1) is 26.3. The first-order valence-corrected chi connectivity index (χ1v) is 10.2. The van der Waals surface area contributed by atoms with Crippen LogP contribution in [0.15, 0.2) is 0 Å². The Morgan fingerprint density at radius 3 is 1.82 bits per heavy atom. The van der Waals surface area contributed by atoms with E-state index in [2.05, 4.69) is 16.0 Å². The van der Waals surface area contributed by atoms with Crippen LogP contribution in [0, 0.1) is 0 Å². The molecule has 3 N–H and O–H groups in total. The van der Waals surface area contributed by atoms with Crippen LogP contribution in [-0.4, -0.2) is 88.8 Å². The van der Waals surface area contributed by atoms with Crippen molar-refractivity contribution in [3.05, 3.63) is 0 Å². The van der Waals surface area contributed by atoms with E-state index >= 15 is 0 Å². The highest BCUT2D eigenvalue weighted by molar-refractivity contribution is 5.89. The number of likely N-dealkylation sites (N-methyl/N-ethyl adjacent to an activating group) is 1. The number of nitrogens with one attached hydrogen (secondary N) is 3. The average molecular weight is 403 g/mol. The molecule has 0 unspecified atom stereocenters. The van der Waals surface area contributed by atoms with Gasteiger partial charge in [0.25, 0.3) is 0 Å². The molecule has 0 aromatic heterocycles. The summed E-state index contributed by atoms with van der Waals surface area (Å²) in [6.07, 6.45) is 3.67. The molecular formula is C19H38N4O5. The fourth-order valence-electron chi connectivity index (χ4n) is 2.14. The van der Waals surface area contributed by atoms with Gasteiger partial charge in [-0.25, -0.2) is 0 Å². The number of hydrogen-bond acceptors (Lipinski definition) is 6. The lowest BCUT2D eigenvalue weighted by Gasteiger charge is -2.22. The van der Waals surface area contributed by atoms with Gasteiger partial charge in [-0.15, -0.1) is 0 Å². The summed E-state index contributed by atoms with van der Waals surface area (Å²) in [5.74, 6) is -0.955. The minimum absolute atomic E-state index is 0.161. The van der Waals surface area contributed by atoms with Crippen molar-refractivity contribution in [3.63, 3.8) is 0 Å². The highest BCUT2D eigenvalue weighted by atomic mass is 16.5. The monoisotopic (exact) mass is 402 g/mol. The van der Waals surface area contributed by atoms with Gasteiger partial charge < -0.3 is 30.3 Å². The fraction of sp³-hybridized carbons (Fsp3) is 0.842. The van der Waals surface area contributed by atoms with Gasteiger partial charge in [-0.1, -0.05) is 26.7 Å². The second kappa shape index (κ2) is 18.6. The maximum absolute atomic E-state index is 12.4. The summed E-state index contributed by atoms with van der Waals surface area (Å²) >= 11 is 0. The molecule has 0 aromatic carbocycles. The molecule has 0 atom stereocenters. The maximum Gasteiger partial charge on any atom is 0.249 e. The molecule has 0 bridgehead atoms. The summed E-state index contributed by atoms with van der Waals surface area (Å²) in [5.41, 5.74) is 0. The van der Waals surface area contributed by atoms with Crippen LogP contribution in [0.2, 0.25) is 0 Å². The normalized spacial score (nSPS) is 10.5. The molecule has 0 saturated carbocycles. The van der Waals surface area contributed by atoms with Gasteiger partial charge in [-0.05, 0) is 19.9 Å². The lowest BCUT2D eigenvalue weighted by molar-refractivity contribution is -0.143. The Hall–Kier alpha value is -1.71. The molecule has 0 spiro atoms. The van der Waals surface area contributed by atoms with Crippen molar-refractivity contribution < 1.29 is 23.9 Å². The van der Waals surface area contributed by atoms with Gasteiger partial charge in [0, 0.05) is 19.6 Å². The lowest BCUT2D eigenvalue weighted by Crippen LogP contribution is -2.47. The third kappa shape index (κ3) is 15.4. The second-order valence-corrected chi connectivity index (χ2v) is 6.43. The highest BCUT2D eigenvalue weighted by Crippen LogP contribution is 1.94. The van der Waals surface area contributed by atoms with Crippen LogP contribution in [0.1, 0.15) is 39.5 Å². The van der Waals surface area contributed by atoms with E-state index in [0.29, 0.717) is 26.3 Å². The van der Waals surface area contributed by atoms with Crippen molar-refractivity contribution in [1.82, 2.24) is 20.9 Å². The molecule has 0 fully saturated rings. The average Bonchev–Trinajstić information content (AvgIpc) is 2.67. The van der Waals surface area contributed by atoms with Gasteiger partial charge >= 0.3 is 0 Å². The van der Waals surface area contributed by atoms with Crippen molar-refractivity contribution in [3.8, 4) is 0 Å². The minimum atomic E-state index is -0.397. The van der Waals surface area contributed by atoms with Gasteiger partial charge in [0.2, 0.25) is 17.7 Å². The minimum Gasteiger partial charge on any atom is -0.378 e. The molecule has 0 saturated heterocycles. The van der Waals surface area contributed by atoms with E-state index in [1.165, 1.54) is 4.90 Å². The largest absolute Gasteiger partial charge is 0.378 e. The van der Waals surface area contributed by atoms with Gasteiger partial charge in [0.1, 0.15) is 19.7 Å². The van der Waals surface area contributed by atoms with E-state index in [0.717, 1.165) is 32.2 Å². The summed E-state index contributed by atoms with van der Waals surface area (Å²) in [7, 11) is 1.84. The predicted octanol–water partition coefficient (Wildman–Crippen LogP) is -0.0998. The van der Waals surface area contributed by atoms with Crippen molar-refractivity contribution in [2.75, 3.05) is 66.2 Å². The number of rotatable bonds is 18. The fourth-order valence-corrected chi connectivity index (χ4v) is 2.14. The molecule has 0 rings (SSSR count). The summed E-state index contributed by atoms with van der Waals surface area (Å²) in [4.78, 5) is 37.7. The lowest BCUT2D eigenvalue weighted by atomic mass is 10.3. The van der Waals surface area contributed by atoms with Crippen molar-refractivity contribution >= 4 is 17.7 Å². The molecule has 9 nitrogen and oxygen atoms in total. The number of unbranched alkanes of at least 4 members (excludes halogenated alkanes) is 2. The third-order valence-electron chi connectivity index (χ3n) is 3.82. The van der Waals surface area contributed by atoms with Crippen LogP contribution >= 0.6 is 0 Å². The Bertz CT molecular complexity index is 411. The van der Waals surface area contributed by atoms with Crippen LogP contribution in [-0.2, 0) is 23.9 Å². The van der Waals surface area contributed by atoms with E-state index < -0.39 is 5.91 Å². The van der Waals surface area contributed by atoms with Crippen molar-refractivity contribution in [1.29, 1.82) is 0 Å². The van der Waals surface area contributed by atoms with Crippen molar-refractivity contribution in [2.24, 2.45) is 0 Å². The topological polar surface area (TPSA) is 109 Å². The molecule has 0 aromatic rings.